The van der Waals surface area contributed by atoms with Crippen molar-refractivity contribution in [3.05, 3.63) is 21.8 Å². The predicted octanol–water partition coefficient (Wildman–Crippen LogP) is 3.75. The van der Waals surface area contributed by atoms with Gasteiger partial charge in [0.1, 0.15) is 10.8 Å². The van der Waals surface area contributed by atoms with Crippen LogP contribution >= 0.6 is 23.1 Å². The molecule has 0 spiro atoms. The summed E-state index contributed by atoms with van der Waals surface area (Å²) in [5, 5.41) is 12.9. The normalized spacial score (nSPS) is 18.7. The number of fused-ring (bicyclic) bond motifs is 1. The molecule has 2 heterocycles. The highest BCUT2D eigenvalue weighted by Crippen LogP contribution is 2.41. The molecule has 3 N–H and O–H groups in total. The molecule has 0 bridgehead atoms. The Kier molecular flexibility index (Phi) is 5.70. The molecule has 7 nitrogen and oxygen atoms in total. The van der Waals surface area contributed by atoms with Crippen LogP contribution in [0.4, 0.5) is 5.00 Å². The van der Waals surface area contributed by atoms with Gasteiger partial charge in [-0.2, -0.15) is 0 Å². The number of aromatic nitrogens is 3. The van der Waals surface area contributed by atoms with Crippen molar-refractivity contribution < 1.29 is 9.59 Å². The highest BCUT2D eigenvalue weighted by Gasteiger charge is 2.31. The molecule has 0 radical (unpaired) electrons. The van der Waals surface area contributed by atoms with Crippen LogP contribution in [0.1, 0.15) is 78.6 Å². The van der Waals surface area contributed by atoms with E-state index in [0.29, 0.717) is 22.4 Å². The number of thioether (sulfide) groups is 1. The van der Waals surface area contributed by atoms with E-state index in [1.807, 2.05) is 0 Å². The first-order valence-corrected chi connectivity index (χ1v) is 12.0. The monoisotopic (exact) mass is 433 g/mol. The van der Waals surface area contributed by atoms with E-state index < -0.39 is 5.91 Å². The second kappa shape index (κ2) is 8.10. The molecule has 1 atom stereocenters. The second-order valence-electron chi connectivity index (χ2n) is 8.34. The van der Waals surface area contributed by atoms with E-state index in [-0.39, 0.29) is 17.7 Å². The van der Waals surface area contributed by atoms with Gasteiger partial charge in [0.15, 0.2) is 5.16 Å². The molecular weight excluding hydrogens is 406 g/mol. The van der Waals surface area contributed by atoms with Crippen LogP contribution in [0, 0.1) is 5.92 Å². The summed E-state index contributed by atoms with van der Waals surface area (Å²) in [5.41, 5.74) is 7.16. The zero-order valence-electron chi connectivity index (χ0n) is 17.0. The minimum atomic E-state index is -0.464. The summed E-state index contributed by atoms with van der Waals surface area (Å²) in [4.78, 5) is 25.9. The number of rotatable bonds is 7. The Balaban J connectivity index is 1.46. The van der Waals surface area contributed by atoms with Crippen molar-refractivity contribution >= 4 is 39.9 Å². The summed E-state index contributed by atoms with van der Waals surface area (Å²) in [6, 6.07) is 0.249. The Hall–Kier alpha value is -1.87. The summed E-state index contributed by atoms with van der Waals surface area (Å²) in [7, 11) is 0. The predicted molar refractivity (Wildman–Crippen MR) is 116 cm³/mol. The first kappa shape index (κ1) is 20.4. The average Bonchev–Trinajstić information content (AvgIpc) is 3.30. The maximum absolute atomic E-state index is 12.6. The van der Waals surface area contributed by atoms with Gasteiger partial charge in [-0.25, -0.2) is 0 Å². The van der Waals surface area contributed by atoms with Crippen LogP contribution in [-0.2, 0) is 17.6 Å². The number of primary amides is 1. The molecule has 1 fully saturated rings. The maximum atomic E-state index is 12.6. The van der Waals surface area contributed by atoms with Gasteiger partial charge in [-0.05, 0) is 57.4 Å². The van der Waals surface area contributed by atoms with Gasteiger partial charge < -0.3 is 15.6 Å². The summed E-state index contributed by atoms with van der Waals surface area (Å²) < 4.78 is 2.13. The molecule has 2 aliphatic rings. The van der Waals surface area contributed by atoms with Gasteiger partial charge in [0, 0.05) is 16.8 Å². The average molecular weight is 434 g/mol. The highest BCUT2D eigenvalue weighted by molar-refractivity contribution is 7.99. The van der Waals surface area contributed by atoms with Gasteiger partial charge in [-0.1, -0.05) is 18.7 Å². The first-order chi connectivity index (χ1) is 13.8. The second-order valence-corrected chi connectivity index (χ2v) is 10.4. The number of amides is 2. The van der Waals surface area contributed by atoms with Crippen LogP contribution in [0.2, 0.25) is 0 Å². The van der Waals surface area contributed by atoms with Gasteiger partial charge in [-0.3, -0.25) is 9.59 Å². The summed E-state index contributed by atoms with van der Waals surface area (Å²) in [6.07, 6.45) is 5.15. The molecule has 0 aliphatic heterocycles. The number of hydrogen-bond acceptors (Lipinski definition) is 6. The topological polar surface area (TPSA) is 103 Å². The lowest BCUT2D eigenvalue weighted by atomic mass is 9.88. The summed E-state index contributed by atoms with van der Waals surface area (Å²) >= 11 is 2.88. The fourth-order valence-corrected chi connectivity index (χ4v) is 6.19. The fraction of sp³-hybridized carbons (Fsp3) is 0.600. The summed E-state index contributed by atoms with van der Waals surface area (Å²) in [6.45, 7) is 6.42. The number of nitrogens with two attached hydrogens (primary N) is 1. The van der Waals surface area contributed by atoms with E-state index >= 15 is 0 Å². The van der Waals surface area contributed by atoms with Gasteiger partial charge in [0.05, 0.1) is 11.3 Å². The molecule has 2 aromatic heterocycles. The van der Waals surface area contributed by atoms with Crippen LogP contribution < -0.4 is 11.1 Å². The highest BCUT2D eigenvalue weighted by atomic mass is 32.2. The van der Waals surface area contributed by atoms with Crippen molar-refractivity contribution in [2.24, 2.45) is 11.7 Å². The van der Waals surface area contributed by atoms with E-state index in [1.165, 1.54) is 28.0 Å². The van der Waals surface area contributed by atoms with E-state index in [9.17, 15) is 9.59 Å². The van der Waals surface area contributed by atoms with E-state index in [0.717, 1.165) is 48.6 Å². The van der Waals surface area contributed by atoms with Gasteiger partial charge >= 0.3 is 0 Å². The molecule has 2 amide bonds. The largest absolute Gasteiger partial charge is 0.365 e. The molecule has 0 aromatic carbocycles. The zero-order valence-corrected chi connectivity index (χ0v) is 18.7. The SMILES string of the molecule is CC1CCc2c(sc(NC(=O)CSc3nnc(C4CC4)n3C(C)C)c2C(N)=O)C1. The lowest BCUT2D eigenvalue weighted by molar-refractivity contribution is -0.113. The molecule has 156 valence electrons. The third-order valence-corrected chi connectivity index (χ3v) is 7.61. The van der Waals surface area contributed by atoms with Gasteiger partial charge in [0.2, 0.25) is 5.91 Å². The lowest BCUT2D eigenvalue weighted by Crippen LogP contribution is -2.20. The minimum absolute atomic E-state index is 0.157. The van der Waals surface area contributed by atoms with E-state index in [1.54, 1.807) is 0 Å². The van der Waals surface area contributed by atoms with Crippen molar-refractivity contribution in [3.8, 4) is 0 Å². The fourth-order valence-electron chi connectivity index (χ4n) is 3.88. The van der Waals surface area contributed by atoms with Crippen LogP contribution in [-0.4, -0.2) is 32.3 Å². The molecule has 29 heavy (non-hydrogen) atoms. The summed E-state index contributed by atoms with van der Waals surface area (Å²) in [5.74, 6) is 1.71. The molecule has 9 heteroatoms. The molecule has 2 aliphatic carbocycles. The molecule has 1 saturated carbocycles. The number of anilines is 1. The van der Waals surface area contributed by atoms with Crippen LogP contribution in [0.3, 0.4) is 0 Å². The van der Waals surface area contributed by atoms with E-state index in [4.69, 9.17) is 5.73 Å². The Bertz CT molecular complexity index is 945. The Morgan fingerprint density at radius 3 is 2.72 bits per heavy atom. The number of nitrogens with zero attached hydrogens (tertiary/aromatic N) is 3. The van der Waals surface area contributed by atoms with Gasteiger partial charge in [0.25, 0.3) is 5.91 Å². The number of carbonyl (C=O) groups is 2. The van der Waals surface area contributed by atoms with Crippen molar-refractivity contribution in [2.75, 3.05) is 11.1 Å². The Morgan fingerprint density at radius 2 is 2.07 bits per heavy atom. The number of hydrogen-bond donors (Lipinski definition) is 2. The molecular formula is C20H27N5O2S2. The standard InChI is InChI=1S/C20H27N5O2S2/c1-10(2)25-18(12-5-6-12)23-24-20(25)28-9-15(26)22-19-16(17(21)27)13-7-4-11(3)8-14(13)29-19/h10-12H,4-9H2,1-3H3,(H2,21,27)(H,22,26). The third-order valence-electron chi connectivity index (χ3n) is 5.49. The Morgan fingerprint density at radius 1 is 1.31 bits per heavy atom. The van der Waals surface area contributed by atoms with Crippen molar-refractivity contribution in [1.29, 1.82) is 0 Å². The van der Waals surface area contributed by atoms with Crippen molar-refractivity contribution in [2.45, 2.75) is 70.0 Å². The molecule has 2 aromatic rings. The molecule has 4 rings (SSSR count). The first-order valence-electron chi connectivity index (χ1n) is 10.2. The maximum Gasteiger partial charge on any atom is 0.251 e. The number of thiophene rings is 1. The minimum Gasteiger partial charge on any atom is -0.365 e. The quantitative estimate of drug-likeness (QED) is 0.647. The third kappa shape index (κ3) is 4.21. The lowest BCUT2D eigenvalue weighted by Gasteiger charge is -2.18. The van der Waals surface area contributed by atoms with Crippen molar-refractivity contribution in [1.82, 2.24) is 14.8 Å². The zero-order chi connectivity index (χ0) is 20.7. The molecule has 0 saturated heterocycles. The van der Waals surface area contributed by atoms with E-state index in [2.05, 4.69) is 40.9 Å². The number of carbonyl (C=O) groups excluding carboxylic acids is 2. The Labute approximate surface area is 178 Å². The van der Waals surface area contributed by atoms with Crippen LogP contribution in [0.25, 0.3) is 0 Å². The van der Waals surface area contributed by atoms with Gasteiger partial charge in [-0.15, -0.1) is 21.5 Å². The van der Waals surface area contributed by atoms with Crippen LogP contribution in [0.15, 0.2) is 5.16 Å². The number of nitrogens with one attached hydrogen (secondary N) is 1. The van der Waals surface area contributed by atoms with Crippen LogP contribution in [0.5, 0.6) is 0 Å². The smallest absolute Gasteiger partial charge is 0.251 e. The van der Waals surface area contributed by atoms with Crippen molar-refractivity contribution in [3.63, 3.8) is 0 Å². The molecule has 1 unspecified atom stereocenters.